The van der Waals surface area contributed by atoms with Crippen LogP contribution in [0, 0.1) is 12.3 Å². The van der Waals surface area contributed by atoms with Gasteiger partial charge in [0.2, 0.25) is 5.91 Å². The van der Waals surface area contributed by atoms with Gasteiger partial charge < -0.3 is 9.88 Å². The normalized spacial score (nSPS) is 10.6. The second kappa shape index (κ2) is 7.87. The van der Waals surface area contributed by atoms with Crippen molar-refractivity contribution in [1.82, 2.24) is 14.9 Å². The summed E-state index contributed by atoms with van der Waals surface area (Å²) in [7, 11) is 0. The molecule has 1 amide bonds. The standard InChI is InChI=1S/C20H18ClN3O/c1-2-13-24-18-6-4-3-5-17(18)23-19(24)11-12-22-20(25)14-15-7-9-16(21)10-8-15/h1,3-10H,11-14H2,(H,22,25). The lowest BCUT2D eigenvalue weighted by Gasteiger charge is -2.07. The van der Waals surface area contributed by atoms with Gasteiger partial charge in [0.25, 0.3) is 0 Å². The molecule has 0 saturated heterocycles. The van der Waals surface area contributed by atoms with Crippen LogP contribution in [0.5, 0.6) is 0 Å². The van der Waals surface area contributed by atoms with Crippen LogP contribution in [0.2, 0.25) is 5.02 Å². The SMILES string of the molecule is C#CCn1c(CCNC(=O)Cc2ccc(Cl)cc2)nc2ccccc21. The number of amides is 1. The smallest absolute Gasteiger partial charge is 0.224 e. The maximum atomic E-state index is 12.1. The third-order valence-electron chi connectivity index (χ3n) is 3.93. The molecule has 126 valence electrons. The Kier molecular flexibility index (Phi) is 5.37. The molecule has 0 saturated carbocycles. The van der Waals surface area contributed by atoms with Gasteiger partial charge in [0, 0.05) is 18.0 Å². The number of hydrogen-bond donors (Lipinski definition) is 1. The zero-order chi connectivity index (χ0) is 17.6. The fourth-order valence-corrected chi connectivity index (χ4v) is 2.87. The average Bonchev–Trinajstić information content (AvgIpc) is 2.95. The number of halogens is 1. The molecule has 4 nitrogen and oxygen atoms in total. The summed E-state index contributed by atoms with van der Waals surface area (Å²) in [6.07, 6.45) is 6.43. The summed E-state index contributed by atoms with van der Waals surface area (Å²) < 4.78 is 2.01. The summed E-state index contributed by atoms with van der Waals surface area (Å²) in [6.45, 7) is 0.981. The molecule has 0 spiro atoms. The Hall–Kier alpha value is -2.77. The predicted molar refractivity (Wildman–Crippen MR) is 100 cm³/mol. The molecule has 2 aromatic carbocycles. The first-order valence-corrected chi connectivity index (χ1v) is 8.44. The monoisotopic (exact) mass is 351 g/mol. The van der Waals surface area contributed by atoms with E-state index in [2.05, 4.69) is 16.2 Å². The first-order valence-electron chi connectivity index (χ1n) is 8.06. The predicted octanol–water partition coefficient (Wildman–Crippen LogP) is 3.22. The number of nitrogens with one attached hydrogen (secondary N) is 1. The van der Waals surface area contributed by atoms with Gasteiger partial charge in [-0.2, -0.15) is 0 Å². The second-order valence-electron chi connectivity index (χ2n) is 5.71. The van der Waals surface area contributed by atoms with Gasteiger partial charge in [-0.25, -0.2) is 4.98 Å². The van der Waals surface area contributed by atoms with Crippen molar-refractivity contribution in [3.05, 3.63) is 64.9 Å². The number of rotatable bonds is 6. The molecule has 3 rings (SSSR count). The van der Waals surface area contributed by atoms with Crippen LogP contribution in [0.15, 0.2) is 48.5 Å². The molecule has 0 aliphatic heterocycles. The highest BCUT2D eigenvalue weighted by atomic mass is 35.5. The van der Waals surface area contributed by atoms with Crippen LogP contribution >= 0.6 is 11.6 Å². The minimum absolute atomic E-state index is 0.0260. The van der Waals surface area contributed by atoms with Gasteiger partial charge in [0.1, 0.15) is 5.82 Å². The van der Waals surface area contributed by atoms with Crippen molar-refractivity contribution < 1.29 is 4.79 Å². The molecule has 1 N–H and O–H groups in total. The van der Waals surface area contributed by atoms with Crippen molar-refractivity contribution in [2.45, 2.75) is 19.4 Å². The topological polar surface area (TPSA) is 46.9 Å². The molecule has 0 aliphatic carbocycles. The summed E-state index contributed by atoms with van der Waals surface area (Å²) in [5, 5.41) is 3.59. The number of carbonyl (C=O) groups is 1. The van der Waals surface area contributed by atoms with Crippen molar-refractivity contribution >= 4 is 28.5 Å². The van der Waals surface area contributed by atoms with E-state index in [4.69, 9.17) is 18.0 Å². The minimum Gasteiger partial charge on any atom is -0.355 e. The molecular weight excluding hydrogens is 334 g/mol. The number of nitrogens with zero attached hydrogens (tertiary/aromatic N) is 2. The summed E-state index contributed by atoms with van der Waals surface area (Å²) in [5.41, 5.74) is 2.87. The van der Waals surface area contributed by atoms with E-state index in [0.717, 1.165) is 22.4 Å². The molecule has 1 aromatic heterocycles. The molecule has 0 radical (unpaired) electrons. The Bertz CT molecular complexity index is 922. The van der Waals surface area contributed by atoms with Crippen LogP contribution in [0.1, 0.15) is 11.4 Å². The van der Waals surface area contributed by atoms with E-state index < -0.39 is 0 Å². The third-order valence-corrected chi connectivity index (χ3v) is 4.18. The highest BCUT2D eigenvalue weighted by molar-refractivity contribution is 6.30. The Morgan fingerprint density at radius 2 is 1.96 bits per heavy atom. The quantitative estimate of drug-likeness (QED) is 0.693. The number of hydrogen-bond acceptors (Lipinski definition) is 2. The molecule has 0 atom stereocenters. The van der Waals surface area contributed by atoms with Crippen LogP contribution in [0.4, 0.5) is 0 Å². The van der Waals surface area contributed by atoms with Crippen molar-refractivity contribution in [2.75, 3.05) is 6.54 Å². The number of benzene rings is 2. The zero-order valence-corrected chi connectivity index (χ0v) is 14.5. The van der Waals surface area contributed by atoms with Crippen molar-refractivity contribution in [1.29, 1.82) is 0 Å². The maximum absolute atomic E-state index is 12.1. The number of aromatic nitrogens is 2. The lowest BCUT2D eigenvalue weighted by molar-refractivity contribution is -0.120. The van der Waals surface area contributed by atoms with E-state index in [1.807, 2.05) is 41.0 Å². The Labute approximate surface area is 151 Å². The molecular formula is C20H18ClN3O. The fraction of sp³-hybridized carbons (Fsp3) is 0.200. The Morgan fingerprint density at radius 1 is 1.20 bits per heavy atom. The molecule has 0 fully saturated rings. The Morgan fingerprint density at radius 3 is 2.72 bits per heavy atom. The van der Waals surface area contributed by atoms with E-state index in [1.165, 1.54) is 0 Å². The summed E-state index contributed by atoms with van der Waals surface area (Å²) >= 11 is 5.85. The van der Waals surface area contributed by atoms with Crippen molar-refractivity contribution in [2.24, 2.45) is 0 Å². The van der Waals surface area contributed by atoms with Crippen molar-refractivity contribution in [3.8, 4) is 12.3 Å². The average molecular weight is 352 g/mol. The van der Waals surface area contributed by atoms with Crippen molar-refractivity contribution in [3.63, 3.8) is 0 Å². The number of carbonyl (C=O) groups excluding carboxylic acids is 1. The largest absolute Gasteiger partial charge is 0.355 e. The van der Waals surface area contributed by atoms with Gasteiger partial charge >= 0.3 is 0 Å². The lowest BCUT2D eigenvalue weighted by Crippen LogP contribution is -2.27. The van der Waals surface area contributed by atoms with E-state index in [-0.39, 0.29) is 5.91 Å². The minimum atomic E-state index is -0.0260. The van der Waals surface area contributed by atoms with E-state index in [0.29, 0.717) is 31.0 Å². The van der Waals surface area contributed by atoms with Crippen LogP contribution < -0.4 is 5.32 Å². The van der Waals surface area contributed by atoms with Crippen LogP contribution in [-0.4, -0.2) is 22.0 Å². The van der Waals surface area contributed by atoms with E-state index in [9.17, 15) is 4.79 Å². The summed E-state index contributed by atoms with van der Waals surface area (Å²) in [6, 6.07) is 15.2. The van der Waals surface area contributed by atoms with Crippen LogP contribution in [-0.2, 0) is 24.2 Å². The lowest BCUT2D eigenvalue weighted by atomic mass is 10.1. The van der Waals surface area contributed by atoms with E-state index >= 15 is 0 Å². The van der Waals surface area contributed by atoms with Gasteiger partial charge in [0.05, 0.1) is 24.0 Å². The van der Waals surface area contributed by atoms with Gasteiger partial charge in [-0.05, 0) is 29.8 Å². The first-order chi connectivity index (χ1) is 12.2. The Balaban J connectivity index is 1.61. The number of terminal acetylenes is 1. The van der Waals surface area contributed by atoms with E-state index in [1.54, 1.807) is 12.1 Å². The fourth-order valence-electron chi connectivity index (χ4n) is 2.75. The third kappa shape index (κ3) is 4.20. The number of imidazole rings is 1. The molecule has 5 heteroatoms. The van der Waals surface area contributed by atoms with Crippen LogP contribution in [0.25, 0.3) is 11.0 Å². The van der Waals surface area contributed by atoms with Crippen LogP contribution in [0.3, 0.4) is 0 Å². The molecule has 0 bridgehead atoms. The van der Waals surface area contributed by atoms with Gasteiger partial charge in [-0.15, -0.1) is 6.42 Å². The highest BCUT2D eigenvalue weighted by Crippen LogP contribution is 2.16. The molecule has 3 aromatic rings. The maximum Gasteiger partial charge on any atom is 0.224 e. The number of para-hydroxylation sites is 2. The first kappa shape index (κ1) is 17.1. The summed E-state index contributed by atoms with van der Waals surface area (Å²) in [4.78, 5) is 16.7. The zero-order valence-electron chi connectivity index (χ0n) is 13.7. The summed E-state index contributed by atoms with van der Waals surface area (Å²) in [5.74, 6) is 3.52. The van der Waals surface area contributed by atoms with Gasteiger partial charge in [-0.3, -0.25) is 4.79 Å². The molecule has 1 heterocycles. The molecule has 0 aliphatic rings. The second-order valence-corrected chi connectivity index (χ2v) is 6.15. The molecule has 25 heavy (non-hydrogen) atoms. The van der Waals surface area contributed by atoms with Gasteiger partial charge in [0.15, 0.2) is 0 Å². The highest BCUT2D eigenvalue weighted by Gasteiger charge is 2.10. The van der Waals surface area contributed by atoms with Gasteiger partial charge in [-0.1, -0.05) is 41.8 Å². The molecule has 0 unspecified atom stereocenters. The number of fused-ring (bicyclic) bond motifs is 1.